The average Bonchev–Trinajstić information content (AvgIpc) is 1.79. The van der Waals surface area contributed by atoms with Crippen LogP contribution < -0.4 is 5.73 Å². The van der Waals surface area contributed by atoms with E-state index in [0.717, 1.165) is 5.75 Å². The minimum Gasteiger partial charge on any atom is -0.327 e. The smallest absolute Gasteiger partial charge is 0.266 e. The summed E-state index contributed by atoms with van der Waals surface area (Å²) in [6.45, 7) is 0. The van der Waals surface area contributed by atoms with Gasteiger partial charge in [-0.2, -0.15) is 20.2 Å². The molecule has 1 atom stereocenters. The van der Waals surface area contributed by atoms with Crippen LogP contribution in [0.15, 0.2) is 0 Å². The van der Waals surface area contributed by atoms with Crippen LogP contribution in [0.3, 0.4) is 0 Å². The highest BCUT2D eigenvalue weighted by molar-refractivity contribution is 7.98. The molecule has 0 fully saturated rings. The molecule has 0 bridgehead atoms. The zero-order valence-electron chi connectivity index (χ0n) is 6.76. The highest BCUT2D eigenvalue weighted by atomic mass is 35.5. The Morgan fingerprint density at radius 1 is 1.58 bits per heavy atom. The van der Waals surface area contributed by atoms with Gasteiger partial charge in [-0.25, -0.2) is 0 Å². The Bertz CT molecular complexity index is 195. The van der Waals surface area contributed by atoms with Crippen molar-refractivity contribution < 1.29 is 13.0 Å². The number of thioether (sulfide) groups is 1. The minimum atomic E-state index is -3.89. The predicted molar refractivity (Wildman–Crippen MR) is 54.6 cm³/mol. The first-order chi connectivity index (χ1) is 4.95. The fraction of sp³-hybridized carbons (Fsp3) is 1.00. The van der Waals surface area contributed by atoms with Crippen molar-refractivity contribution in [3.8, 4) is 0 Å². The summed E-state index contributed by atoms with van der Waals surface area (Å²) in [7, 11) is -3.89. The molecule has 0 radical (unpaired) electrons. The van der Waals surface area contributed by atoms with Gasteiger partial charge < -0.3 is 5.73 Å². The fourth-order valence-corrected chi connectivity index (χ4v) is 1.87. The van der Waals surface area contributed by atoms with Gasteiger partial charge in [0.2, 0.25) is 0 Å². The monoisotopic (exact) mass is 235 g/mol. The van der Waals surface area contributed by atoms with Crippen LogP contribution in [0.1, 0.15) is 6.42 Å². The first kappa shape index (κ1) is 15.0. The summed E-state index contributed by atoms with van der Waals surface area (Å²) in [4.78, 5) is 0. The van der Waals surface area contributed by atoms with E-state index in [1.54, 1.807) is 11.8 Å². The molecule has 0 spiro atoms. The Morgan fingerprint density at radius 2 is 2.08 bits per heavy atom. The topological polar surface area (TPSA) is 80.4 Å². The van der Waals surface area contributed by atoms with Crippen LogP contribution in [-0.4, -0.2) is 36.8 Å². The van der Waals surface area contributed by atoms with Gasteiger partial charge in [-0.15, -0.1) is 12.4 Å². The largest absolute Gasteiger partial charge is 0.327 e. The van der Waals surface area contributed by atoms with Crippen molar-refractivity contribution >= 4 is 34.3 Å². The first-order valence-corrected chi connectivity index (χ1v) is 6.15. The van der Waals surface area contributed by atoms with E-state index in [1.165, 1.54) is 0 Å². The molecular formula is C5H14ClNO3S2. The van der Waals surface area contributed by atoms with Gasteiger partial charge in [-0.1, -0.05) is 0 Å². The lowest BCUT2D eigenvalue weighted by Gasteiger charge is -2.06. The second-order valence-electron chi connectivity index (χ2n) is 2.29. The lowest BCUT2D eigenvalue weighted by molar-refractivity contribution is 0.476. The summed E-state index contributed by atoms with van der Waals surface area (Å²) < 4.78 is 28.9. The molecular weight excluding hydrogens is 222 g/mol. The highest BCUT2D eigenvalue weighted by Gasteiger charge is 2.11. The number of hydrogen-bond donors (Lipinski definition) is 2. The average molecular weight is 236 g/mol. The molecule has 3 N–H and O–H groups in total. The third-order valence-electron chi connectivity index (χ3n) is 1.12. The second-order valence-corrected chi connectivity index (χ2v) is 4.77. The van der Waals surface area contributed by atoms with Crippen LogP contribution in [-0.2, 0) is 10.1 Å². The molecule has 0 amide bonds. The summed E-state index contributed by atoms with van der Waals surface area (Å²) in [5, 5.41) is 0. The van der Waals surface area contributed by atoms with Crippen LogP contribution in [0.2, 0.25) is 0 Å². The van der Waals surface area contributed by atoms with Gasteiger partial charge in [0.15, 0.2) is 0 Å². The third kappa shape index (κ3) is 10.5. The Kier molecular flexibility index (Phi) is 8.71. The molecule has 76 valence electrons. The van der Waals surface area contributed by atoms with E-state index in [9.17, 15) is 8.42 Å². The fourth-order valence-electron chi connectivity index (χ4n) is 0.623. The molecule has 0 aliphatic carbocycles. The molecule has 0 saturated carbocycles. The van der Waals surface area contributed by atoms with E-state index in [2.05, 4.69) is 0 Å². The zero-order valence-corrected chi connectivity index (χ0v) is 9.21. The summed E-state index contributed by atoms with van der Waals surface area (Å²) in [5.74, 6) is 0.476. The van der Waals surface area contributed by atoms with E-state index < -0.39 is 16.2 Å². The van der Waals surface area contributed by atoms with Gasteiger partial charge in [0.1, 0.15) is 0 Å². The Hall–Kier alpha value is 0.510. The van der Waals surface area contributed by atoms with Gasteiger partial charge >= 0.3 is 0 Å². The summed E-state index contributed by atoms with van der Waals surface area (Å²) >= 11 is 1.60. The number of rotatable bonds is 5. The number of nitrogens with two attached hydrogens (primary N) is 1. The molecule has 4 nitrogen and oxygen atoms in total. The van der Waals surface area contributed by atoms with Crippen molar-refractivity contribution in [2.24, 2.45) is 5.73 Å². The van der Waals surface area contributed by atoms with Crippen LogP contribution in [0.4, 0.5) is 0 Å². The van der Waals surface area contributed by atoms with E-state index in [0.29, 0.717) is 6.42 Å². The Morgan fingerprint density at radius 3 is 2.42 bits per heavy atom. The summed E-state index contributed by atoms with van der Waals surface area (Å²) in [6, 6.07) is -0.447. The van der Waals surface area contributed by atoms with Crippen molar-refractivity contribution in [2.45, 2.75) is 12.5 Å². The lowest BCUT2D eigenvalue weighted by atomic mass is 10.3. The Labute approximate surface area is 83.4 Å². The van der Waals surface area contributed by atoms with Crippen molar-refractivity contribution in [1.82, 2.24) is 0 Å². The lowest BCUT2D eigenvalue weighted by Crippen LogP contribution is -2.29. The van der Waals surface area contributed by atoms with Crippen molar-refractivity contribution in [3.05, 3.63) is 0 Å². The zero-order chi connectivity index (χ0) is 8.91. The van der Waals surface area contributed by atoms with Crippen LogP contribution >= 0.6 is 24.2 Å². The van der Waals surface area contributed by atoms with E-state index in [-0.39, 0.29) is 18.2 Å². The van der Waals surface area contributed by atoms with E-state index >= 15 is 0 Å². The van der Waals surface area contributed by atoms with Crippen molar-refractivity contribution in [2.75, 3.05) is 17.8 Å². The molecule has 0 saturated heterocycles. The van der Waals surface area contributed by atoms with Crippen LogP contribution in [0.5, 0.6) is 0 Å². The maximum absolute atomic E-state index is 10.3. The van der Waals surface area contributed by atoms with Crippen molar-refractivity contribution in [3.63, 3.8) is 0 Å². The maximum atomic E-state index is 10.3. The van der Waals surface area contributed by atoms with Gasteiger partial charge in [-0.3, -0.25) is 4.55 Å². The first-order valence-electron chi connectivity index (χ1n) is 3.15. The molecule has 0 aromatic heterocycles. The summed E-state index contributed by atoms with van der Waals surface area (Å²) in [6.07, 6.45) is 2.53. The number of halogens is 1. The molecule has 0 heterocycles. The molecule has 0 aromatic rings. The van der Waals surface area contributed by atoms with Crippen LogP contribution in [0, 0.1) is 0 Å². The number of hydrogen-bond acceptors (Lipinski definition) is 4. The van der Waals surface area contributed by atoms with Gasteiger partial charge in [-0.05, 0) is 18.4 Å². The molecule has 7 heteroatoms. The molecule has 1 unspecified atom stereocenters. The second kappa shape index (κ2) is 6.97. The van der Waals surface area contributed by atoms with Gasteiger partial charge in [0, 0.05) is 6.04 Å². The predicted octanol–water partition coefficient (Wildman–Crippen LogP) is 0.376. The molecule has 0 rings (SSSR count). The molecule has 0 aliphatic rings. The molecule has 0 aliphatic heterocycles. The van der Waals surface area contributed by atoms with Crippen LogP contribution in [0.25, 0.3) is 0 Å². The normalized spacial score (nSPS) is 13.6. The maximum Gasteiger partial charge on any atom is 0.266 e. The van der Waals surface area contributed by atoms with E-state index in [1.807, 2.05) is 6.26 Å². The van der Waals surface area contributed by atoms with E-state index in [4.69, 9.17) is 10.3 Å². The third-order valence-corrected chi connectivity index (χ3v) is 2.61. The molecule has 12 heavy (non-hydrogen) atoms. The minimum absolute atomic E-state index is 0. The standard InChI is InChI=1S/C5H13NO3S2.ClH/c1-10-3-2-5(6)4-11(7,8)9;/h5H,2-4,6H2,1H3,(H,7,8,9);1H. The quantitative estimate of drug-likeness (QED) is 0.674. The van der Waals surface area contributed by atoms with Gasteiger partial charge in [0.05, 0.1) is 5.75 Å². The van der Waals surface area contributed by atoms with Gasteiger partial charge in [0.25, 0.3) is 10.1 Å². The van der Waals surface area contributed by atoms with Crippen molar-refractivity contribution in [1.29, 1.82) is 0 Å². The Balaban J connectivity index is 0. The SMILES string of the molecule is CSCCC(N)CS(=O)(=O)O.Cl. The summed E-state index contributed by atoms with van der Waals surface area (Å²) in [5.41, 5.74) is 5.39. The highest BCUT2D eigenvalue weighted by Crippen LogP contribution is 2.00. The molecule has 0 aromatic carbocycles.